The van der Waals surface area contributed by atoms with E-state index in [0.717, 1.165) is 5.56 Å². The summed E-state index contributed by atoms with van der Waals surface area (Å²) in [5.74, 6) is 1.35. The molecule has 7 nitrogen and oxygen atoms in total. The lowest BCUT2D eigenvalue weighted by Gasteiger charge is -2.10. The topological polar surface area (TPSA) is 85.4 Å². The number of rotatable bonds is 8. The average molecular weight is 328 g/mol. The Kier molecular flexibility index (Phi) is 6.13. The number of amides is 1. The SMILES string of the molecule is C=CCNc1nccc(C(=O)NCc2ccc(OC)c(OC)c2)n1. The molecule has 0 saturated heterocycles. The second-order valence-corrected chi connectivity index (χ2v) is 4.81. The summed E-state index contributed by atoms with van der Waals surface area (Å²) in [5.41, 5.74) is 1.18. The maximum Gasteiger partial charge on any atom is 0.270 e. The van der Waals surface area contributed by atoms with E-state index in [4.69, 9.17) is 9.47 Å². The fraction of sp³-hybridized carbons (Fsp3) is 0.235. The third-order valence-corrected chi connectivity index (χ3v) is 3.19. The van der Waals surface area contributed by atoms with Crippen molar-refractivity contribution in [2.24, 2.45) is 0 Å². The van der Waals surface area contributed by atoms with Crippen LogP contribution in [0.5, 0.6) is 11.5 Å². The van der Waals surface area contributed by atoms with E-state index in [1.807, 2.05) is 12.1 Å². The Balaban J connectivity index is 2.01. The number of carbonyl (C=O) groups excluding carboxylic acids is 1. The van der Waals surface area contributed by atoms with Gasteiger partial charge >= 0.3 is 0 Å². The van der Waals surface area contributed by atoms with Gasteiger partial charge in [0.1, 0.15) is 5.69 Å². The fourth-order valence-electron chi connectivity index (χ4n) is 2.00. The Bertz CT molecular complexity index is 719. The van der Waals surface area contributed by atoms with Crippen molar-refractivity contribution in [3.05, 3.63) is 54.4 Å². The zero-order chi connectivity index (χ0) is 17.4. The summed E-state index contributed by atoms with van der Waals surface area (Å²) in [6.45, 7) is 4.48. The van der Waals surface area contributed by atoms with Crippen molar-refractivity contribution in [1.82, 2.24) is 15.3 Å². The van der Waals surface area contributed by atoms with E-state index in [9.17, 15) is 4.79 Å². The first-order chi connectivity index (χ1) is 11.7. The molecule has 0 unspecified atom stereocenters. The molecule has 0 fully saturated rings. The number of nitrogens with one attached hydrogen (secondary N) is 2. The zero-order valence-corrected chi connectivity index (χ0v) is 13.7. The molecule has 126 valence electrons. The van der Waals surface area contributed by atoms with Gasteiger partial charge < -0.3 is 20.1 Å². The molecular formula is C17H20N4O3. The lowest BCUT2D eigenvalue weighted by atomic mass is 10.2. The van der Waals surface area contributed by atoms with Crippen LogP contribution in [0.15, 0.2) is 43.1 Å². The van der Waals surface area contributed by atoms with E-state index in [1.54, 1.807) is 32.4 Å². The highest BCUT2D eigenvalue weighted by Gasteiger charge is 2.10. The smallest absolute Gasteiger partial charge is 0.270 e. The van der Waals surface area contributed by atoms with Crippen LogP contribution >= 0.6 is 0 Å². The highest BCUT2D eigenvalue weighted by atomic mass is 16.5. The molecule has 2 N–H and O–H groups in total. The van der Waals surface area contributed by atoms with Crippen molar-refractivity contribution in [2.45, 2.75) is 6.54 Å². The quantitative estimate of drug-likeness (QED) is 0.721. The van der Waals surface area contributed by atoms with Gasteiger partial charge in [-0.05, 0) is 23.8 Å². The third-order valence-electron chi connectivity index (χ3n) is 3.19. The molecule has 1 aromatic heterocycles. The molecule has 1 aromatic carbocycles. The van der Waals surface area contributed by atoms with E-state index < -0.39 is 0 Å². The Hall–Kier alpha value is -3.09. The van der Waals surface area contributed by atoms with E-state index in [-0.39, 0.29) is 11.6 Å². The second kappa shape index (κ2) is 8.52. The van der Waals surface area contributed by atoms with Gasteiger partial charge in [-0.3, -0.25) is 4.79 Å². The number of aromatic nitrogens is 2. The highest BCUT2D eigenvalue weighted by molar-refractivity contribution is 5.92. The summed E-state index contributed by atoms with van der Waals surface area (Å²) < 4.78 is 10.4. The lowest BCUT2D eigenvalue weighted by molar-refractivity contribution is 0.0946. The van der Waals surface area contributed by atoms with E-state index in [2.05, 4.69) is 27.2 Å². The van der Waals surface area contributed by atoms with Gasteiger partial charge in [0.25, 0.3) is 5.91 Å². The van der Waals surface area contributed by atoms with Gasteiger partial charge in [-0.2, -0.15) is 0 Å². The first-order valence-corrected chi connectivity index (χ1v) is 7.35. The van der Waals surface area contributed by atoms with Crippen LogP contribution < -0.4 is 20.1 Å². The second-order valence-electron chi connectivity index (χ2n) is 4.81. The van der Waals surface area contributed by atoms with Crippen LogP contribution in [-0.4, -0.2) is 36.6 Å². The van der Waals surface area contributed by atoms with Gasteiger partial charge in [0.15, 0.2) is 11.5 Å². The summed E-state index contributed by atoms with van der Waals surface area (Å²) in [6.07, 6.45) is 3.22. The average Bonchev–Trinajstić information content (AvgIpc) is 2.64. The minimum Gasteiger partial charge on any atom is -0.493 e. The van der Waals surface area contributed by atoms with Crippen molar-refractivity contribution < 1.29 is 14.3 Å². The van der Waals surface area contributed by atoms with Gasteiger partial charge in [-0.25, -0.2) is 9.97 Å². The van der Waals surface area contributed by atoms with Gasteiger partial charge in [-0.15, -0.1) is 6.58 Å². The van der Waals surface area contributed by atoms with Crippen LogP contribution in [0.2, 0.25) is 0 Å². The summed E-state index contributed by atoms with van der Waals surface area (Å²) >= 11 is 0. The Morgan fingerprint density at radius 2 is 2.04 bits per heavy atom. The van der Waals surface area contributed by atoms with Crippen molar-refractivity contribution in [2.75, 3.05) is 26.1 Å². The molecule has 0 aliphatic rings. The number of hydrogen-bond donors (Lipinski definition) is 2. The lowest BCUT2D eigenvalue weighted by Crippen LogP contribution is -2.24. The number of carbonyl (C=O) groups is 1. The van der Waals surface area contributed by atoms with Crippen molar-refractivity contribution in [3.8, 4) is 11.5 Å². The minimum absolute atomic E-state index is 0.283. The van der Waals surface area contributed by atoms with Crippen LogP contribution in [0.4, 0.5) is 5.95 Å². The predicted octanol–water partition coefficient (Wildman–Crippen LogP) is 2.02. The maximum atomic E-state index is 12.2. The Morgan fingerprint density at radius 1 is 1.25 bits per heavy atom. The molecule has 2 rings (SSSR count). The Morgan fingerprint density at radius 3 is 2.75 bits per heavy atom. The van der Waals surface area contributed by atoms with Crippen molar-refractivity contribution >= 4 is 11.9 Å². The number of ether oxygens (including phenoxy) is 2. The van der Waals surface area contributed by atoms with E-state index in [0.29, 0.717) is 30.5 Å². The zero-order valence-electron chi connectivity index (χ0n) is 13.7. The third kappa shape index (κ3) is 4.45. The van der Waals surface area contributed by atoms with Crippen LogP contribution in [0.25, 0.3) is 0 Å². The first kappa shape index (κ1) is 17.3. The molecule has 2 aromatic rings. The summed E-state index contributed by atoms with van der Waals surface area (Å²) in [5, 5.41) is 5.75. The molecule has 0 aliphatic carbocycles. The summed E-state index contributed by atoms with van der Waals surface area (Å²) in [7, 11) is 3.14. The van der Waals surface area contributed by atoms with Crippen LogP contribution in [0, 0.1) is 0 Å². The fourth-order valence-corrected chi connectivity index (χ4v) is 2.00. The Labute approximate surface area is 140 Å². The van der Waals surface area contributed by atoms with Gasteiger partial charge in [0.2, 0.25) is 5.95 Å². The van der Waals surface area contributed by atoms with Gasteiger partial charge in [0, 0.05) is 19.3 Å². The molecule has 7 heteroatoms. The minimum atomic E-state index is -0.283. The molecule has 1 amide bonds. The molecule has 0 radical (unpaired) electrons. The predicted molar refractivity (Wildman–Crippen MR) is 91.4 cm³/mol. The van der Waals surface area contributed by atoms with Crippen molar-refractivity contribution in [3.63, 3.8) is 0 Å². The molecule has 0 bridgehead atoms. The molecule has 24 heavy (non-hydrogen) atoms. The standard InChI is InChI=1S/C17H20N4O3/c1-4-8-18-17-19-9-7-13(21-17)16(22)20-11-12-5-6-14(23-2)15(10-12)24-3/h4-7,9-10H,1,8,11H2,2-3H3,(H,20,22)(H,18,19,21). The van der Waals surface area contributed by atoms with Crippen LogP contribution in [-0.2, 0) is 6.54 Å². The van der Waals surface area contributed by atoms with E-state index in [1.165, 1.54) is 6.20 Å². The molecule has 0 aliphatic heterocycles. The largest absolute Gasteiger partial charge is 0.493 e. The number of nitrogens with zero attached hydrogens (tertiary/aromatic N) is 2. The molecule has 0 spiro atoms. The van der Waals surface area contributed by atoms with Crippen molar-refractivity contribution in [1.29, 1.82) is 0 Å². The first-order valence-electron chi connectivity index (χ1n) is 7.35. The normalized spacial score (nSPS) is 9.92. The molecule has 0 atom stereocenters. The van der Waals surface area contributed by atoms with E-state index >= 15 is 0 Å². The van der Waals surface area contributed by atoms with Crippen LogP contribution in [0.1, 0.15) is 16.1 Å². The number of methoxy groups -OCH3 is 2. The monoisotopic (exact) mass is 328 g/mol. The van der Waals surface area contributed by atoms with Gasteiger partial charge in [-0.1, -0.05) is 12.1 Å². The molecular weight excluding hydrogens is 308 g/mol. The maximum absolute atomic E-state index is 12.2. The number of hydrogen-bond acceptors (Lipinski definition) is 6. The number of anilines is 1. The highest BCUT2D eigenvalue weighted by Crippen LogP contribution is 2.27. The molecule has 1 heterocycles. The summed E-state index contributed by atoms with van der Waals surface area (Å²) in [4.78, 5) is 20.4. The number of benzene rings is 1. The molecule has 0 saturated carbocycles. The van der Waals surface area contributed by atoms with Crippen LogP contribution in [0.3, 0.4) is 0 Å². The summed E-state index contributed by atoms with van der Waals surface area (Å²) in [6, 6.07) is 7.03. The van der Waals surface area contributed by atoms with Gasteiger partial charge in [0.05, 0.1) is 14.2 Å².